The van der Waals surface area contributed by atoms with E-state index in [1.807, 2.05) is 19.9 Å². The maximum Gasteiger partial charge on any atom is 0.416 e. The second-order valence-corrected chi connectivity index (χ2v) is 6.06. The van der Waals surface area contributed by atoms with Crippen LogP contribution in [-0.2, 0) is 12.6 Å². The highest BCUT2D eigenvalue weighted by Gasteiger charge is 2.30. The summed E-state index contributed by atoms with van der Waals surface area (Å²) in [6, 6.07) is 6.83. The van der Waals surface area contributed by atoms with Gasteiger partial charge >= 0.3 is 12.2 Å². The third-order valence-electron chi connectivity index (χ3n) is 3.83. The minimum Gasteiger partial charge on any atom is -0.455 e. The van der Waals surface area contributed by atoms with Gasteiger partial charge in [0.2, 0.25) is 0 Å². The molecule has 0 saturated heterocycles. The lowest BCUT2D eigenvalue weighted by atomic mass is 10.0. The standard InChI is InChI=1S/C19H17F3N4O/c1-12-9-13(2)26-18(25-12)27-17(10-16-11-23-7-8-24-16)14-3-5-15(6-4-14)19(20,21)22/h3-9,11,17H,10H2,1-2H3. The van der Waals surface area contributed by atoms with Crippen molar-refractivity contribution in [2.45, 2.75) is 32.5 Å². The fourth-order valence-electron chi connectivity index (χ4n) is 2.61. The summed E-state index contributed by atoms with van der Waals surface area (Å²) in [5.41, 5.74) is 1.97. The highest BCUT2D eigenvalue weighted by molar-refractivity contribution is 5.27. The fraction of sp³-hybridized carbons (Fsp3) is 0.263. The van der Waals surface area contributed by atoms with E-state index in [4.69, 9.17) is 4.74 Å². The monoisotopic (exact) mass is 374 g/mol. The third kappa shape index (κ3) is 4.99. The lowest BCUT2D eigenvalue weighted by Gasteiger charge is -2.19. The van der Waals surface area contributed by atoms with Gasteiger partial charge in [-0.05, 0) is 37.6 Å². The number of hydrogen-bond acceptors (Lipinski definition) is 5. The summed E-state index contributed by atoms with van der Waals surface area (Å²) >= 11 is 0. The van der Waals surface area contributed by atoms with Gasteiger partial charge < -0.3 is 4.74 Å². The first-order valence-electron chi connectivity index (χ1n) is 8.22. The molecule has 27 heavy (non-hydrogen) atoms. The lowest BCUT2D eigenvalue weighted by Crippen LogP contribution is -2.15. The smallest absolute Gasteiger partial charge is 0.416 e. The van der Waals surface area contributed by atoms with Crippen molar-refractivity contribution in [3.8, 4) is 6.01 Å². The normalized spacial score (nSPS) is 12.6. The van der Waals surface area contributed by atoms with E-state index >= 15 is 0 Å². The molecule has 5 nitrogen and oxygen atoms in total. The SMILES string of the molecule is Cc1cc(C)nc(OC(Cc2cnccn2)c2ccc(C(F)(F)F)cc2)n1. The zero-order valence-electron chi connectivity index (χ0n) is 14.7. The topological polar surface area (TPSA) is 60.8 Å². The Morgan fingerprint density at radius 3 is 2.22 bits per heavy atom. The first kappa shape index (κ1) is 18.8. The Labute approximate surface area is 154 Å². The number of rotatable bonds is 5. The number of halogens is 3. The van der Waals surface area contributed by atoms with Gasteiger partial charge in [0.1, 0.15) is 6.10 Å². The molecule has 1 unspecified atom stereocenters. The van der Waals surface area contributed by atoms with Gasteiger partial charge in [-0.1, -0.05) is 12.1 Å². The van der Waals surface area contributed by atoms with E-state index in [1.165, 1.54) is 12.1 Å². The van der Waals surface area contributed by atoms with E-state index in [2.05, 4.69) is 19.9 Å². The largest absolute Gasteiger partial charge is 0.455 e. The summed E-state index contributed by atoms with van der Waals surface area (Å²) in [7, 11) is 0. The molecule has 0 aliphatic heterocycles. The summed E-state index contributed by atoms with van der Waals surface area (Å²) < 4.78 is 44.4. The average molecular weight is 374 g/mol. The van der Waals surface area contributed by atoms with Crippen LogP contribution in [0.3, 0.4) is 0 Å². The first-order valence-corrected chi connectivity index (χ1v) is 8.22. The number of aryl methyl sites for hydroxylation is 2. The van der Waals surface area contributed by atoms with E-state index in [9.17, 15) is 13.2 Å². The quantitative estimate of drug-likeness (QED) is 0.668. The summed E-state index contributed by atoms with van der Waals surface area (Å²) in [5.74, 6) is 0. The van der Waals surface area contributed by atoms with Crippen LogP contribution in [0.2, 0.25) is 0 Å². The average Bonchev–Trinajstić information content (AvgIpc) is 2.61. The van der Waals surface area contributed by atoms with E-state index < -0.39 is 17.8 Å². The van der Waals surface area contributed by atoms with Gasteiger partial charge in [0.15, 0.2) is 0 Å². The second kappa shape index (κ2) is 7.69. The van der Waals surface area contributed by atoms with Crippen molar-refractivity contribution in [2.75, 3.05) is 0 Å². The molecular weight excluding hydrogens is 357 g/mol. The number of hydrogen-bond donors (Lipinski definition) is 0. The molecule has 0 aliphatic rings. The van der Waals surface area contributed by atoms with E-state index in [0.29, 0.717) is 17.7 Å². The van der Waals surface area contributed by atoms with E-state index in [-0.39, 0.29) is 6.01 Å². The number of alkyl halides is 3. The Bertz CT molecular complexity index is 879. The van der Waals surface area contributed by atoms with Crippen LogP contribution < -0.4 is 4.74 Å². The Hall–Kier alpha value is -3.03. The van der Waals surface area contributed by atoms with Crippen molar-refractivity contribution in [3.05, 3.63) is 77.1 Å². The molecule has 0 N–H and O–H groups in total. The number of aromatic nitrogens is 4. The molecule has 0 fully saturated rings. The Balaban J connectivity index is 1.91. The van der Waals surface area contributed by atoms with Crippen LogP contribution in [0.4, 0.5) is 13.2 Å². The minimum atomic E-state index is -4.39. The molecule has 2 aromatic heterocycles. The van der Waals surface area contributed by atoms with E-state index in [0.717, 1.165) is 23.5 Å². The van der Waals surface area contributed by atoms with Crippen molar-refractivity contribution in [1.82, 2.24) is 19.9 Å². The molecule has 140 valence electrons. The van der Waals surface area contributed by atoms with Crippen LogP contribution in [0, 0.1) is 13.8 Å². The molecule has 3 aromatic rings. The zero-order chi connectivity index (χ0) is 19.4. The summed E-state index contributed by atoms with van der Waals surface area (Å²) in [6.45, 7) is 3.63. The highest BCUT2D eigenvalue weighted by Crippen LogP contribution is 2.31. The fourth-order valence-corrected chi connectivity index (χ4v) is 2.61. The summed E-state index contributed by atoms with van der Waals surface area (Å²) in [5, 5.41) is 0. The molecule has 0 spiro atoms. The molecule has 1 aromatic carbocycles. The Kier molecular flexibility index (Phi) is 5.34. The van der Waals surface area contributed by atoms with Crippen molar-refractivity contribution in [1.29, 1.82) is 0 Å². The van der Waals surface area contributed by atoms with Crippen LogP contribution in [0.25, 0.3) is 0 Å². The van der Waals surface area contributed by atoms with Gasteiger partial charge in [0.05, 0.1) is 11.3 Å². The maximum absolute atomic E-state index is 12.8. The van der Waals surface area contributed by atoms with Gasteiger partial charge in [-0.25, -0.2) is 9.97 Å². The van der Waals surface area contributed by atoms with Gasteiger partial charge in [-0.15, -0.1) is 0 Å². The summed E-state index contributed by atoms with van der Waals surface area (Å²) in [6.07, 6.45) is -0.00326. The predicted molar refractivity (Wildman–Crippen MR) is 92.1 cm³/mol. The van der Waals surface area contributed by atoms with Crippen molar-refractivity contribution < 1.29 is 17.9 Å². The van der Waals surface area contributed by atoms with Crippen LogP contribution in [0.15, 0.2) is 48.9 Å². The molecule has 1 atom stereocenters. The maximum atomic E-state index is 12.8. The number of benzene rings is 1. The summed E-state index contributed by atoms with van der Waals surface area (Å²) in [4.78, 5) is 16.7. The molecule has 2 heterocycles. The molecule has 8 heteroatoms. The van der Waals surface area contributed by atoms with Crippen LogP contribution in [0.5, 0.6) is 6.01 Å². The first-order chi connectivity index (χ1) is 12.8. The van der Waals surface area contributed by atoms with Crippen molar-refractivity contribution in [2.24, 2.45) is 0 Å². The van der Waals surface area contributed by atoms with Gasteiger partial charge in [-0.3, -0.25) is 9.97 Å². The predicted octanol–water partition coefficient (Wildman–Crippen LogP) is 4.27. The molecule has 3 rings (SSSR count). The van der Waals surface area contributed by atoms with Crippen molar-refractivity contribution >= 4 is 0 Å². The van der Waals surface area contributed by atoms with Crippen LogP contribution >= 0.6 is 0 Å². The number of ether oxygens (including phenoxy) is 1. The lowest BCUT2D eigenvalue weighted by molar-refractivity contribution is -0.137. The number of nitrogens with zero attached hydrogens (tertiary/aromatic N) is 4. The van der Waals surface area contributed by atoms with Gasteiger partial charge in [0.25, 0.3) is 0 Å². The molecular formula is C19H17F3N4O. The zero-order valence-corrected chi connectivity index (χ0v) is 14.7. The van der Waals surface area contributed by atoms with Crippen molar-refractivity contribution in [3.63, 3.8) is 0 Å². The highest BCUT2D eigenvalue weighted by atomic mass is 19.4. The van der Waals surface area contributed by atoms with Crippen LogP contribution in [-0.4, -0.2) is 19.9 Å². The second-order valence-electron chi connectivity index (χ2n) is 6.06. The Morgan fingerprint density at radius 2 is 1.67 bits per heavy atom. The third-order valence-corrected chi connectivity index (χ3v) is 3.83. The molecule has 0 aliphatic carbocycles. The van der Waals surface area contributed by atoms with Crippen LogP contribution in [0.1, 0.15) is 34.3 Å². The molecule has 0 saturated carbocycles. The Morgan fingerprint density at radius 1 is 1.00 bits per heavy atom. The van der Waals surface area contributed by atoms with Gasteiger partial charge in [-0.2, -0.15) is 13.2 Å². The van der Waals surface area contributed by atoms with Gasteiger partial charge in [0, 0.05) is 36.4 Å². The molecule has 0 bridgehead atoms. The molecule has 0 radical (unpaired) electrons. The van der Waals surface area contributed by atoms with E-state index in [1.54, 1.807) is 18.6 Å². The molecule has 0 amide bonds. The minimum absolute atomic E-state index is 0.168.